The summed E-state index contributed by atoms with van der Waals surface area (Å²) in [6.45, 7) is 5.56. The molecule has 4 heteroatoms. The van der Waals surface area contributed by atoms with Crippen LogP contribution < -0.4 is 4.74 Å². The van der Waals surface area contributed by atoms with Crippen LogP contribution >= 0.6 is 15.9 Å². The van der Waals surface area contributed by atoms with Gasteiger partial charge in [-0.1, -0.05) is 0 Å². The molecule has 0 aromatic heterocycles. The molecular formula is C15H20BrNO2. The van der Waals surface area contributed by atoms with Crippen molar-refractivity contribution in [1.82, 2.24) is 4.90 Å². The Kier molecular flexibility index (Phi) is 4.86. The maximum Gasteiger partial charge on any atom is 0.254 e. The summed E-state index contributed by atoms with van der Waals surface area (Å²) in [5, 5.41) is 0. The van der Waals surface area contributed by atoms with Crippen LogP contribution in [0.3, 0.4) is 0 Å². The third-order valence-electron chi connectivity index (χ3n) is 3.54. The van der Waals surface area contributed by atoms with Gasteiger partial charge >= 0.3 is 0 Å². The van der Waals surface area contributed by atoms with E-state index >= 15 is 0 Å². The molecule has 1 fully saturated rings. The van der Waals surface area contributed by atoms with Gasteiger partial charge in [-0.2, -0.15) is 0 Å². The fourth-order valence-electron chi connectivity index (χ4n) is 2.47. The van der Waals surface area contributed by atoms with Crippen LogP contribution in [0.4, 0.5) is 0 Å². The molecule has 1 aromatic rings. The van der Waals surface area contributed by atoms with Crippen molar-refractivity contribution in [3.8, 4) is 5.75 Å². The highest BCUT2D eigenvalue weighted by molar-refractivity contribution is 9.10. The van der Waals surface area contributed by atoms with Gasteiger partial charge in [0, 0.05) is 18.2 Å². The lowest BCUT2D eigenvalue weighted by Gasteiger charge is -2.33. The van der Waals surface area contributed by atoms with Gasteiger partial charge in [-0.3, -0.25) is 4.79 Å². The summed E-state index contributed by atoms with van der Waals surface area (Å²) in [7, 11) is 0. The highest BCUT2D eigenvalue weighted by Gasteiger charge is 2.24. The molecule has 1 aliphatic heterocycles. The summed E-state index contributed by atoms with van der Waals surface area (Å²) in [6.07, 6.45) is 3.43. The Morgan fingerprint density at radius 1 is 1.47 bits per heavy atom. The van der Waals surface area contributed by atoms with Crippen molar-refractivity contribution in [1.29, 1.82) is 0 Å². The highest BCUT2D eigenvalue weighted by Crippen LogP contribution is 2.27. The van der Waals surface area contributed by atoms with Crippen molar-refractivity contribution in [3.05, 3.63) is 28.2 Å². The monoisotopic (exact) mass is 325 g/mol. The molecule has 0 spiro atoms. The standard InChI is InChI=1S/C15H20BrNO2/c1-3-19-14-8-7-12(10-13(14)16)15(18)17-9-5-4-6-11(17)2/h7-8,10-11H,3-6,9H2,1-2H3/t11-/m1/s1. The number of rotatable bonds is 3. The molecule has 2 rings (SSSR count). The number of carbonyl (C=O) groups is 1. The molecule has 1 heterocycles. The van der Waals surface area contributed by atoms with Crippen LogP contribution in [0.2, 0.25) is 0 Å². The summed E-state index contributed by atoms with van der Waals surface area (Å²) in [6, 6.07) is 5.90. The van der Waals surface area contributed by atoms with E-state index in [2.05, 4.69) is 22.9 Å². The Morgan fingerprint density at radius 3 is 2.89 bits per heavy atom. The first kappa shape index (κ1) is 14.4. The summed E-state index contributed by atoms with van der Waals surface area (Å²) < 4.78 is 6.30. The first-order valence-corrected chi connectivity index (χ1v) is 7.66. The predicted octanol–water partition coefficient (Wildman–Crippen LogP) is 3.86. The number of hydrogen-bond donors (Lipinski definition) is 0. The topological polar surface area (TPSA) is 29.5 Å². The van der Waals surface area contributed by atoms with Crippen molar-refractivity contribution in [3.63, 3.8) is 0 Å². The number of nitrogens with zero attached hydrogens (tertiary/aromatic N) is 1. The number of benzene rings is 1. The lowest BCUT2D eigenvalue weighted by atomic mass is 10.0. The first-order chi connectivity index (χ1) is 9.13. The highest BCUT2D eigenvalue weighted by atomic mass is 79.9. The van der Waals surface area contributed by atoms with Gasteiger partial charge in [-0.25, -0.2) is 0 Å². The van der Waals surface area contributed by atoms with E-state index < -0.39 is 0 Å². The molecule has 3 nitrogen and oxygen atoms in total. The smallest absolute Gasteiger partial charge is 0.254 e. The van der Waals surface area contributed by atoms with Gasteiger partial charge in [-0.05, 0) is 67.2 Å². The van der Waals surface area contributed by atoms with E-state index in [9.17, 15) is 4.79 Å². The van der Waals surface area contributed by atoms with Crippen LogP contribution in [0.15, 0.2) is 22.7 Å². The number of amides is 1. The molecule has 1 aromatic carbocycles. The number of carbonyl (C=O) groups excluding carboxylic acids is 1. The van der Waals surface area contributed by atoms with Crippen molar-refractivity contribution in [2.75, 3.05) is 13.2 Å². The minimum atomic E-state index is 0.121. The third kappa shape index (κ3) is 3.30. The zero-order valence-corrected chi connectivity index (χ0v) is 13.1. The number of piperidine rings is 1. The fraction of sp³-hybridized carbons (Fsp3) is 0.533. The number of ether oxygens (including phenoxy) is 1. The molecule has 1 atom stereocenters. The van der Waals surface area contributed by atoms with E-state index in [0.29, 0.717) is 12.6 Å². The van der Waals surface area contributed by atoms with E-state index in [1.807, 2.05) is 30.0 Å². The molecule has 0 saturated carbocycles. The summed E-state index contributed by atoms with van der Waals surface area (Å²) >= 11 is 3.46. The molecule has 0 radical (unpaired) electrons. The minimum absolute atomic E-state index is 0.121. The van der Waals surface area contributed by atoms with Crippen LogP contribution in [-0.2, 0) is 0 Å². The summed E-state index contributed by atoms with van der Waals surface area (Å²) in [5.41, 5.74) is 0.726. The van der Waals surface area contributed by atoms with E-state index in [1.54, 1.807) is 0 Å². The zero-order chi connectivity index (χ0) is 13.8. The Bertz CT molecular complexity index is 461. The van der Waals surface area contributed by atoms with Gasteiger partial charge in [0.15, 0.2) is 0 Å². The quantitative estimate of drug-likeness (QED) is 0.844. The normalized spacial score (nSPS) is 19.3. The summed E-state index contributed by atoms with van der Waals surface area (Å²) in [4.78, 5) is 14.5. The van der Waals surface area contributed by atoms with Crippen LogP contribution in [-0.4, -0.2) is 30.0 Å². The van der Waals surface area contributed by atoms with Gasteiger partial charge in [0.25, 0.3) is 5.91 Å². The van der Waals surface area contributed by atoms with Crippen molar-refractivity contribution in [2.45, 2.75) is 39.2 Å². The average Bonchev–Trinajstić information content (AvgIpc) is 2.41. The van der Waals surface area contributed by atoms with E-state index in [-0.39, 0.29) is 5.91 Å². The molecule has 1 aliphatic rings. The van der Waals surface area contributed by atoms with Crippen LogP contribution in [0.5, 0.6) is 5.75 Å². The number of likely N-dealkylation sites (tertiary alicyclic amines) is 1. The molecule has 104 valence electrons. The predicted molar refractivity (Wildman–Crippen MR) is 79.7 cm³/mol. The van der Waals surface area contributed by atoms with Crippen LogP contribution in [0, 0.1) is 0 Å². The first-order valence-electron chi connectivity index (χ1n) is 6.86. The largest absolute Gasteiger partial charge is 0.493 e. The molecule has 19 heavy (non-hydrogen) atoms. The Morgan fingerprint density at radius 2 is 2.26 bits per heavy atom. The van der Waals surface area contributed by atoms with Crippen molar-refractivity contribution >= 4 is 21.8 Å². The van der Waals surface area contributed by atoms with Crippen molar-refractivity contribution in [2.24, 2.45) is 0 Å². The number of hydrogen-bond acceptors (Lipinski definition) is 2. The SMILES string of the molecule is CCOc1ccc(C(=O)N2CCCC[C@H]2C)cc1Br. The molecule has 0 N–H and O–H groups in total. The Hall–Kier alpha value is -1.03. The van der Waals surface area contributed by atoms with Crippen molar-refractivity contribution < 1.29 is 9.53 Å². The second-order valence-electron chi connectivity index (χ2n) is 4.92. The minimum Gasteiger partial charge on any atom is -0.493 e. The van der Waals surface area contributed by atoms with Gasteiger partial charge in [0.1, 0.15) is 5.75 Å². The van der Waals surface area contributed by atoms with Gasteiger partial charge in [0.05, 0.1) is 11.1 Å². The maximum atomic E-state index is 12.5. The van der Waals surface area contributed by atoms with Crippen LogP contribution in [0.25, 0.3) is 0 Å². The number of halogens is 1. The molecular weight excluding hydrogens is 306 g/mol. The maximum absolute atomic E-state index is 12.5. The fourth-order valence-corrected chi connectivity index (χ4v) is 2.97. The Labute approximate surface area is 123 Å². The molecule has 1 saturated heterocycles. The molecule has 0 aliphatic carbocycles. The van der Waals surface area contributed by atoms with E-state index in [0.717, 1.165) is 35.2 Å². The zero-order valence-electron chi connectivity index (χ0n) is 11.5. The molecule has 0 bridgehead atoms. The van der Waals surface area contributed by atoms with Gasteiger partial charge in [0.2, 0.25) is 0 Å². The summed E-state index contributed by atoms with van der Waals surface area (Å²) in [5.74, 6) is 0.904. The second-order valence-corrected chi connectivity index (χ2v) is 5.78. The van der Waals surface area contributed by atoms with Gasteiger partial charge < -0.3 is 9.64 Å². The Balaban J connectivity index is 2.17. The third-order valence-corrected chi connectivity index (χ3v) is 4.16. The van der Waals surface area contributed by atoms with E-state index in [1.165, 1.54) is 6.42 Å². The van der Waals surface area contributed by atoms with Gasteiger partial charge in [-0.15, -0.1) is 0 Å². The average molecular weight is 326 g/mol. The van der Waals surface area contributed by atoms with E-state index in [4.69, 9.17) is 4.74 Å². The molecule has 0 unspecified atom stereocenters. The lowest BCUT2D eigenvalue weighted by molar-refractivity contribution is 0.0635. The molecule has 1 amide bonds. The van der Waals surface area contributed by atoms with Crippen LogP contribution in [0.1, 0.15) is 43.5 Å². The lowest BCUT2D eigenvalue weighted by Crippen LogP contribution is -2.42. The second kappa shape index (κ2) is 6.42.